The van der Waals surface area contributed by atoms with Crippen molar-refractivity contribution in [2.45, 2.75) is 0 Å². The maximum absolute atomic E-state index is 5.94. The Morgan fingerprint density at radius 2 is 2.09 bits per heavy atom. The van der Waals surface area contributed by atoms with Crippen molar-refractivity contribution in [3.05, 3.63) is 0 Å². The van der Waals surface area contributed by atoms with E-state index < -0.39 is 21.7 Å². The molecule has 66 valence electrons. The van der Waals surface area contributed by atoms with Gasteiger partial charge in [-0.2, -0.15) is 0 Å². The Hall–Kier alpha value is 2.17. The summed E-state index contributed by atoms with van der Waals surface area (Å²) in [5.74, 6) is 0. The monoisotopic (exact) mass is 291 g/mol. The first-order valence-corrected chi connectivity index (χ1v) is 10.2. The zero-order valence-electron chi connectivity index (χ0n) is 5.25. The van der Waals surface area contributed by atoms with E-state index in [2.05, 4.69) is 9.37 Å². The van der Waals surface area contributed by atoms with Crippen molar-refractivity contribution in [2.75, 3.05) is 6.66 Å². The lowest BCUT2D eigenvalue weighted by molar-refractivity contribution is 1.16. The highest BCUT2D eigenvalue weighted by atomic mass is 35.7. The van der Waals surface area contributed by atoms with Crippen LogP contribution in [0.3, 0.4) is 0 Å². The van der Waals surface area contributed by atoms with Crippen LogP contribution in [0.5, 0.6) is 0 Å². The number of hydrogen-bond donors (Lipinski definition) is 1. The smallest absolute Gasteiger partial charge is 0.210 e. The van der Waals surface area contributed by atoms with Gasteiger partial charge in [0.2, 0.25) is 7.58 Å². The predicted molar refractivity (Wildman–Crippen MR) is 57.5 cm³/mol. The molecule has 10 heteroatoms. The fraction of sp³-hybridized carbons (Fsp3) is 1.00. The molecule has 11 heavy (non-hydrogen) atoms. The topological polar surface area (TPSA) is 27.6 Å². The van der Waals surface area contributed by atoms with Crippen molar-refractivity contribution in [3.8, 4) is 0 Å². The Morgan fingerprint density at radius 3 is 2.55 bits per heavy atom. The molecule has 1 rings (SSSR count). The Morgan fingerprint density at radius 1 is 1.55 bits per heavy atom. The Balaban J connectivity index is 2.85. The van der Waals surface area contributed by atoms with Crippen LogP contribution in [0.25, 0.3) is 0 Å². The number of nitrogens with one attached hydrogen (secondary N) is 1. The third-order valence-electron chi connectivity index (χ3n) is 0.788. The highest BCUT2D eigenvalue weighted by molar-refractivity contribution is 8.07. The van der Waals surface area contributed by atoms with Gasteiger partial charge in [0.05, 0.1) is 0 Å². The number of nitrogens with zero attached hydrogens (tertiary/aromatic N) is 2. The summed E-state index contributed by atoms with van der Waals surface area (Å²) in [5, 5.41) is 0. The van der Waals surface area contributed by atoms with E-state index in [-0.39, 0.29) is 0 Å². The second-order valence-electron chi connectivity index (χ2n) is 1.78. The molecule has 0 fully saturated rings. The van der Waals surface area contributed by atoms with E-state index in [1.807, 2.05) is 0 Å². The maximum Gasteiger partial charge on any atom is 0.210 e. The summed E-state index contributed by atoms with van der Waals surface area (Å²) in [6, 6.07) is 0. The second kappa shape index (κ2) is 4.13. The van der Waals surface area contributed by atoms with Crippen molar-refractivity contribution in [3.63, 3.8) is 0 Å². The maximum atomic E-state index is 5.94. The molecule has 0 aromatic heterocycles. The molecule has 1 heterocycles. The van der Waals surface area contributed by atoms with Gasteiger partial charge in [-0.15, -0.1) is 3.96 Å². The van der Waals surface area contributed by atoms with Crippen LogP contribution >= 0.6 is 67.2 Å². The lowest BCUT2D eigenvalue weighted by Gasteiger charge is -2.30. The molecule has 0 aliphatic carbocycles. The molecule has 0 spiro atoms. The zero-order valence-corrected chi connectivity index (χ0v) is 11.0. The standard InChI is InChI=1S/CH4Cl4N3P3/c1-11(5)6-9(3)8(2)10(4)7-11/h6H,1H3. The van der Waals surface area contributed by atoms with E-state index in [0.717, 1.165) is 0 Å². The molecule has 1 aliphatic heterocycles. The first-order valence-electron chi connectivity index (χ1n) is 2.37. The van der Waals surface area contributed by atoms with E-state index in [0.29, 0.717) is 0 Å². The molecule has 0 saturated carbocycles. The third-order valence-corrected chi connectivity index (χ3v) is 11.9. The third kappa shape index (κ3) is 3.09. The van der Waals surface area contributed by atoms with Crippen LogP contribution < -0.4 is 4.86 Å². The van der Waals surface area contributed by atoms with Crippen LogP contribution in [0.15, 0.2) is 4.52 Å². The van der Waals surface area contributed by atoms with Crippen LogP contribution in [-0.2, 0) is 0 Å². The molecule has 0 aromatic carbocycles. The summed E-state index contributed by atoms with van der Waals surface area (Å²) in [6.07, 6.45) is 0. The van der Waals surface area contributed by atoms with Crippen LogP contribution in [0.4, 0.5) is 0 Å². The van der Waals surface area contributed by atoms with Gasteiger partial charge in [-0.1, -0.05) is 22.5 Å². The van der Waals surface area contributed by atoms with Gasteiger partial charge < -0.3 is 0 Å². The summed E-state index contributed by atoms with van der Waals surface area (Å²) in [6.45, 7) is -0.186. The molecular weight excluding hydrogens is 289 g/mol. The molecular formula is CH4Cl4N3P3. The summed E-state index contributed by atoms with van der Waals surface area (Å²) < 4.78 is 5.36. The van der Waals surface area contributed by atoms with Crippen molar-refractivity contribution >= 4 is 67.2 Å². The minimum absolute atomic E-state index is 1.14. The van der Waals surface area contributed by atoms with Crippen LogP contribution in [0.1, 0.15) is 0 Å². The quantitative estimate of drug-likeness (QED) is 0.509. The van der Waals surface area contributed by atoms with Crippen molar-refractivity contribution in [1.29, 1.82) is 0 Å². The molecule has 3 unspecified atom stereocenters. The first-order chi connectivity index (χ1) is 4.92. The predicted octanol–water partition coefficient (Wildman–Crippen LogP) is 4.88. The van der Waals surface area contributed by atoms with Crippen LogP contribution in [0.2, 0.25) is 0 Å². The highest BCUT2D eigenvalue weighted by Gasteiger charge is 2.32. The van der Waals surface area contributed by atoms with E-state index in [1.165, 1.54) is 3.96 Å². The van der Waals surface area contributed by atoms with E-state index in [1.54, 1.807) is 6.66 Å². The number of hydrogen-bond acceptors (Lipinski definition) is 3. The van der Waals surface area contributed by atoms with Gasteiger partial charge in [0, 0.05) is 0 Å². The number of rotatable bonds is 0. The average Bonchev–Trinajstić information content (AvgIpc) is 1.81. The normalized spacial score (nSPS) is 47.0. The summed E-state index contributed by atoms with van der Waals surface area (Å²) in [5.41, 5.74) is 0. The molecule has 0 amide bonds. The Bertz CT molecular complexity index is 203. The van der Waals surface area contributed by atoms with Gasteiger partial charge >= 0.3 is 0 Å². The van der Waals surface area contributed by atoms with Gasteiger partial charge in [-0.25, -0.2) is 9.37 Å². The molecule has 0 bridgehead atoms. The zero-order chi connectivity index (χ0) is 8.65. The average molecular weight is 293 g/mol. The molecule has 0 aromatic rings. The summed E-state index contributed by atoms with van der Waals surface area (Å²) >= 11 is 23.2. The lowest BCUT2D eigenvalue weighted by Crippen LogP contribution is -2.08. The van der Waals surface area contributed by atoms with Gasteiger partial charge in [-0.3, -0.25) is 0 Å². The van der Waals surface area contributed by atoms with Crippen molar-refractivity contribution in [2.24, 2.45) is 4.52 Å². The largest absolute Gasteiger partial charge is 0.223 e. The Labute approximate surface area is 87.0 Å². The molecule has 0 saturated heterocycles. The first kappa shape index (κ1) is 11.2. The number of halogens is 4. The molecule has 3 nitrogen and oxygen atoms in total. The fourth-order valence-electron chi connectivity index (χ4n) is 0.444. The van der Waals surface area contributed by atoms with Gasteiger partial charge in [0.15, 0.2) is 7.58 Å². The van der Waals surface area contributed by atoms with Gasteiger partial charge in [0.25, 0.3) is 0 Å². The van der Waals surface area contributed by atoms with Crippen LogP contribution in [-0.4, -0.2) is 10.6 Å². The highest BCUT2D eigenvalue weighted by Crippen LogP contribution is 2.75. The van der Waals surface area contributed by atoms with Gasteiger partial charge in [-0.05, 0) is 29.7 Å². The van der Waals surface area contributed by atoms with E-state index >= 15 is 0 Å². The van der Waals surface area contributed by atoms with E-state index in [9.17, 15) is 0 Å². The summed E-state index contributed by atoms with van der Waals surface area (Å²) in [7, 11) is -2.37. The summed E-state index contributed by atoms with van der Waals surface area (Å²) in [4.78, 5) is 2.90. The SMILES string of the molecule is CP1(Cl)=NP(Cl)N(Cl)P(Cl)N1. The van der Waals surface area contributed by atoms with Crippen molar-refractivity contribution < 1.29 is 0 Å². The molecule has 3 atom stereocenters. The minimum atomic E-state index is -1.97. The Kier molecular flexibility index (Phi) is 4.22. The van der Waals surface area contributed by atoms with E-state index in [4.69, 9.17) is 45.5 Å². The minimum Gasteiger partial charge on any atom is -0.223 e. The van der Waals surface area contributed by atoms with Crippen molar-refractivity contribution in [1.82, 2.24) is 8.82 Å². The van der Waals surface area contributed by atoms with Crippen LogP contribution in [0, 0.1) is 0 Å². The van der Waals surface area contributed by atoms with Gasteiger partial charge in [0.1, 0.15) is 6.56 Å². The lowest BCUT2D eigenvalue weighted by atomic mass is 12.0. The molecule has 1 aliphatic rings. The fourth-order valence-corrected chi connectivity index (χ4v) is 11.5. The second-order valence-corrected chi connectivity index (χ2v) is 11.8. The molecule has 1 N–H and O–H groups in total. The molecule has 0 radical (unpaired) electrons.